The number of phosphoric acid groups is 1. The number of nitrogens with one attached hydrogen (secondary N) is 1. The Morgan fingerprint density at radius 3 is 1.87 bits per heavy atom. The van der Waals surface area contributed by atoms with Crippen LogP contribution < -0.4 is 5.32 Å². The number of amides is 1. The Kier molecular flexibility index (Phi) is 27.3. The molecule has 0 aromatic rings. The van der Waals surface area contributed by atoms with Gasteiger partial charge in [-0.2, -0.15) is 0 Å². The molecule has 0 aromatic heterocycles. The lowest BCUT2D eigenvalue weighted by atomic mass is 10.0. The van der Waals surface area contributed by atoms with Crippen molar-refractivity contribution in [3.05, 3.63) is 60.8 Å². The van der Waals surface area contributed by atoms with Crippen LogP contribution in [0.5, 0.6) is 0 Å². The molecule has 0 fully saturated rings. The van der Waals surface area contributed by atoms with E-state index < -0.39 is 20.0 Å². The molecule has 45 heavy (non-hydrogen) atoms. The van der Waals surface area contributed by atoms with Crippen LogP contribution in [0, 0.1) is 0 Å². The van der Waals surface area contributed by atoms with Gasteiger partial charge in [-0.25, -0.2) is 4.57 Å². The van der Waals surface area contributed by atoms with Gasteiger partial charge < -0.3 is 19.8 Å². The standard InChI is InChI=1S/C36H65N2O6P/c1-6-8-10-12-14-15-16-17-18-19-20-21-22-23-24-26-28-30-36(40)37-34(35(39)29-27-25-13-11-9-7-2)33-44-45(41,42)43-32-31-38(3,4)5/h8,10,14-15,17-18,20-21,23-24,34-35,39H,6-7,9,11-13,16,19,22,25-33H2,1-5H3,(H-,37,40,41,42)/p+1/b10-8-,15-14-,18-17-,21-20-,24-23-. The smallest absolute Gasteiger partial charge is 0.391 e. The molecular formula is C36H66N2O6P+. The lowest BCUT2D eigenvalue weighted by Crippen LogP contribution is -2.46. The molecule has 0 aliphatic rings. The fourth-order valence-corrected chi connectivity index (χ4v) is 4.99. The number of hydrogen-bond acceptors (Lipinski definition) is 5. The Morgan fingerprint density at radius 1 is 0.778 bits per heavy atom. The quantitative estimate of drug-likeness (QED) is 0.0324. The number of rotatable bonds is 29. The van der Waals surface area contributed by atoms with Gasteiger partial charge in [0.1, 0.15) is 13.2 Å². The zero-order valence-corrected chi connectivity index (χ0v) is 30.0. The lowest BCUT2D eigenvalue weighted by molar-refractivity contribution is -0.870. The van der Waals surface area contributed by atoms with Gasteiger partial charge >= 0.3 is 7.82 Å². The summed E-state index contributed by atoms with van der Waals surface area (Å²) in [7, 11) is 1.56. The van der Waals surface area contributed by atoms with Crippen LogP contribution in [0.1, 0.15) is 110 Å². The molecule has 0 rings (SSSR count). The molecule has 0 aromatic carbocycles. The van der Waals surface area contributed by atoms with Crippen LogP contribution >= 0.6 is 7.82 Å². The minimum Gasteiger partial charge on any atom is -0.391 e. The van der Waals surface area contributed by atoms with Crippen molar-refractivity contribution in [2.45, 2.75) is 122 Å². The highest BCUT2D eigenvalue weighted by molar-refractivity contribution is 7.47. The number of carbonyl (C=O) groups is 1. The zero-order valence-electron chi connectivity index (χ0n) is 29.1. The van der Waals surface area contributed by atoms with Crippen molar-refractivity contribution in [1.82, 2.24) is 5.32 Å². The molecule has 3 N–H and O–H groups in total. The van der Waals surface area contributed by atoms with E-state index in [1.807, 2.05) is 21.1 Å². The molecule has 0 saturated carbocycles. The third-order valence-electron chi connectivity index (χ3n) is 7.03. The largest absolute Gasteiger partial charge is 0.472 e. The monoisotopic (exact) mass is 653 g/mol. The van der Waals surface area contributed by atoms with Crippen LogP contribution in [-0.4, -0.2) is 73.4 Å². The van der Waals surface area contributed by atoms with E-state index in [4.69, 9.17) is 9.05 Å². The maximum absolute atomic E-state index is 12.7. The number of likely N-dealkylation sites (N-methyl/N-ethyl adjacent to an activating group) is 1. The number of unbranched alkanes of at least 4 members (excludes halogenated alkanes) is 6. The average Bonchev–Trinajstić information content (AvgIpc) is 2.97. The number of nitrogens with zero attached hydrogens (tertiary/aromatic N) is 1. The third kappa shape index (κ3) is 30.6. The summed E-state index contributed by atoms with van der Waals surface area (Å²) < 4.78 is 23.3. The third-order valence-corrected chi connectivity index (χ3v) is 8.01. The van der Waals surface area contributed by atoms with Crippen LogP contribution in [-0.2, 0) is 18.4 Å². The van der Waals surface area contributed by atoms with Gasteiger partial charge in [0, 0.05) is 6.42 Å². The number of phosphoric ester groups is 1. The van der Waals surface area contributed by atoms with Crippen LogP contribution in [0.4, 0.5) is 0 Å². The molecule has 260 valence electrons. The normalized spacial score (nSPS) is 15.6. The van der Waals surface area contributed by atoms with E-state index in [0.717, 1.165) is 57.8 Å². The summed E-state index contributed by atoms with van der Waals surface area (Å²) in [5, 5.41) is 13.7. The van der Waals surface area contributed by atoms with Gasteiger partial charge in [0.25, 0.3) is 0 Å². The summed E-state index contributed by atoms with van der Waals surface area (Å²) in [6, 6.07) is -0.788. The maximum Gasteiger partial charge on any atom is 0.472 e. The number of aliphatic hydroxyl groups is 1. The van der Waals surface area contributed by atoms with E-state index in [-0.39, 0.29) is 19.1 Å². The summed E-state index contributed by atoms with van der Waals surface area (Å²) in [4.78, 5) is 22.8. The van der Waals surface area contributed by atoms with Crippen molar-refractivity contribution in [2.75, 3.05) is 40.9 Å². The van der Waals surface area contributed by atoms with Crippen LogP contribution in [0.25, 0.3) is 0 Å². The van der Waals surface area contributed by atoms with Crippen molar-refractivity contribution >= 4 is 13.7 Å². The van der Waals surface area contributed by atoms with Gasteiger partial charge in [-0.05, 0) is 51.4 Å². The molecule has 0 saturated heterocycles. The van der Waals surface area contributed by atoms with Crippen molar-refractivity contribution in [1.29, 1.82) is 0 Å². The summed E-state index contributed by atoms with van der Waals surface area (Å²) in [6.07, 6.45) is 34.2. The summed E-state index contributed by atoms with van der Waals surface area (Å²) in [6.45, 7) is 4.61. The molecular weight excluding hydrogens is 587 g/mol. The zero-order chi connectivity index (χ0) is 33.7. The molecule has 0 aliphatic carbocycles. The predicted molar refractivity (Wildman–Crippen MR) is 189 cm³/mol. The van der Waals surface area contributed by atoms with Crippen LogP contribution in [0.2, 0.25) is 0 Å². The number of hydrogen-bond donors (Lipinski definition) is 3. The molecule has 0 aliphatic heterocycles. The Hall–Kier alpha value is -1.80. The van der Waals surface area contributed by atoms with Crippen LogP contribution in [0.15, 0.2) is 60.8 Å². The maximum atomic E-state index is 12.7. The fourth-order valence-electron chi connectivity index (χ4n) is 4.25. The highest BCUT2D eigenvalue weighted by Crippen LogP contribution is 2.43. The summed E-state index contributed by atoms with van der Waals surface area (Å²) in [5.41, 5.74) is 0. The first kappa shape index (κ1) is 43.2. The minimum absolute atomic E-state index is 0.0599. The van der Waals surface area contributed by atoms with Crippen molar-refractivity contribution in [2.24, 2.45) is 0 Å². The molecule has 8 nitrogen and oxygen atoms in total. The number of quaternary nitrogens is 1. The van der Waals surface area contributed by atoms with Crippen molar-refractivity contribution in [3.8, 4) is 0 Å². The molecule has 0 spiro atoms. The molecule has 0 bridgehead atoms. The molecule has 9 heteroatoms. The Balaban J connectivity index is 4.53. The first-order valence-electron chi connectivity index (χ1n) is 17.2. The van der Waals surface area contributed by atoms with Gasteiger partial charge in [-0.1, -0.05) is 113 Å². The first-order chi connectivity index (χ1) is 21.5. The number of aliphatic hydroxyl groups excluding tert-OH is 1. The molecule has 1 amide bonds. The van der Waals surface area contributed by atoms with E-state index in [2.05, 4.69) is 79.9 Å². The molecule has 3 unspecified atom stereocenters. The molecule has 3 atom stereocenters. The summed E-state index contributed by atoms with van der Waals surface area (Å²) >= 11 is 0. The van der Waals surface area contributed by atoms with E-state index in [0.29, 0.717) is 30.3 Å². The Morgan fingerprint density at radius 2 is 1.31 bits per heavy atom. The highest BCUT2D eigenvalue weighted by Gasteiger charge is 2.28. The average molecular weight is 654 g/mol. The SMILES string of the molecule is CC/C=C\C/C=C\C/C=C\C/C=C\C/C=C\CCCC(=O)NC(COP(=O)(O)OCC[N+](C)(C)C)C(O)CCCCCCCC. The van der Waals surface area contributed by atoms with Gasteiger partial charge in [0.15, 0.2) is 0 Å². The molecule has 0 radical (unpaired) electrons. The first-order valence-corrected chi connectivity index (χ1v) is 18.6. The van der Waals surface area contributed by atoms with E-state index in [1.54, 1.807) is 0 Å². The predicted octanol–water partition coefficient (Wildman–Crippen LogP) is 8.34. The second-order valence-corrected chi connectivity index (χ2v) is 14.0. The fraction of sp³-hybridized carbons (Fsp3) is 0.694. The highest BCUT2D eigenvalue weighted by atomic mass is 31.2. The molecule has 0 heterocycles. The number of allylic oxidation sites excluding steroid dienone is 10. The van der Waals surface area contributed by atoms with E-state index in [9.17, 15) is 19.4 Å². The van der Waals surface area contributed by atoms with Crippen molar-refractivity contribution < 1.29 is 32.9 Å². The Labute approximate surface area is 275 Å². The second-order valence-electron chi connectivity index (χ2n) is 12.5. The summed E-state index contributed by atoms with van der Waals surface area (Å²) in [5.74, 6) is -0.211. The topological polar surface area (TPSA) is 105 Å². The van der Waals surface area contributed by atoms with Gasteiger partial charge in [-0.3, -0.25) is 13.8 Å². The van der Waals surface area contributed by atoms with Gasteiger partial charge in [-0.15, -0.1) is 0 Å². The van der Waals surface area contributed by atoms with Crippen molar-refractivity contribution in [3.63, 3.8) is 0 Å². The van der Waals surface area contributed by atoms with Gasteiger partial charge in [0.05, 0.1) is 39.9 Å². The minimum atomic E-state index is -4.31. The van der Waals surface area contributed by atoms with E-state index in [1.165, 1.54) is 19.3 Å². The van der Waals surface area contributed by atoms with Gasteiger partial charge in [0.2, 0.25) is 5.91 Å². The van der Waals surface area contributed by atoms with Crippen LogP contribution in [0.3, 0.4) is 0 Å². The van der Waals surface area contributed by atoms with E-state index >= 15 is 0 Å². The second kappa shape index (κ2) is 28.4. The lowest BCUT2D eigenvalue weighted by Gasteiger charge is -2.26. The Bertz CT molecular complexity index is 923. The number of carbonyl (C=O) groups excluding carboxylic acids is 1.